The topological polar surface area (TPSA) is 106 Å². The van der Waals surface area contributed by atoms with Crippen molar-refractivity contribution >= 4 is 40.3 Å². The number of aromatic hydroxyl groups is 1. The Balaban J connectivity index is 1.53. The van der Waals surface area contributed by atoms with Gasteiger partial charge in [-0.1, -0.05) is 17.7 Å². The number of nitrogens with one attached hydrogen (secondary N) is 1. The summed E-state index contributed by atoms with van der Waals surface area (Å²) in [4.78, 5) is 36.1. The van der Waals surface area contributed by atoms with Crippen molar-refractivity contribution in [3.05, 3.63) is 70.1 Å². The van der Waals surface area contributed by atoms with E-state index in [1.807, 2.05) is 31.2 Å². The number of benzene rings is 2. The van der Waals surface area contributed by atoms with Gasteiger partial charge in [0.05, 0.1) is 5.75 Å². The van der Waals surface area contributed by atoms with Gasteiger partial charge in [0.15, 0.2) is 0 Å². The van der Waals surface area contributed by atoms with Crippen molar-refractivity contribution in [3.63, 3.8) is 0 Å². The van der Waals surface area contributed by atoms with E-state index >= 15 is 0 Å². The molecule has 7 nitrogen and oxygen atoms in total. The molecule has 0 aliphatic rings. The molecule has 1 amide bonds. The van der Waals surface area contributed by atoms with E-state index in [9.17, 15) is 19.5 Å². The van der Waals surface area contributed by atoms with Gasteiger partial charge in [0.25, 0.3) is 0 Å². The zero-order chi connectivity index (χ0) is 21.7. The maximum atomic E-state index is 12.3. The molecule has 0 radical (unpaired) electrons. The largest absolute Gasteiger partial charge is 0.508 e. The highest BCUT2D eigenvalue weighted by Crippen LogP contribution is 2.23. The second-order valence-electron chi connectivity index (χ2n) is 6.75. The van der Waals surface area contributed by atoms with Crippen LogP contribution >= 0.6 is 11.8 Å². The highest BCUT2D eigenvalue weighted by molar-refractivity contribution is 8.01. The Bertz CT molecular complexity index is 1120. The van der Waals surface area contributed by atoms with Crippen molar-refractivity contribution in [2.45, 2.75) is 25.7 Å². The summed E-state index contributed by atoms with van der Waals surface area (Å²) < 4.78 is 10.4. The number of esters is 1. The van der Waals surface area contributed by atoms with E-state index in [1.54, 1.807) is 13.0 Å². The lowest BCUT2D eigenvalue weighted by atomic mass is 10.1. The van der Waals surface area contributed by atoms with E-state index in [4.69, 9.17) is 9.15 Å². The summed E-state index contributed by atoms with van der Waals surface area (Å²) in [6, 6.07) is 13.1. The van der Waals surface area contributed by atoms with Crippen LogP contribution in [0.1, 0.15) is 18.1 Å². The fourth-order valence-electron chi connectivity index (χ4n) is 2.71. The molecule has 1 atom stereocenters. The third kappa shape index (κ3) is 5.64. The molecule has 0 saturated carbocycles. The molecule has 1 heterocycles. The van der Waals surface area contributed by atoms with E-state index in [1.165, 1.54) is 18.2 Å². The zero-order valence-electron chi connectivity index (χ0n) is 16.5. The van der Waals surface area contributed by atoms with Gasteiger partial charge in [-0.05, 0) is 38.1 Å². The Hall–Kier alpha value is -3.26. The Kier molecular flexibility index (Phi) is 6.79. The molecule has 0 saturated heterocycles. The molecular weight excluding hydrogens is 406 g/mol. The van der Waals surface area contributed by atoms with Crippen LogP contribution in [-0.2, 0) is 20.9 Å². The molecule has 156 valence electrons. The molecule has 0 aliphatic heterocycles. The number of anilines is 1. The number of carbonyl (C=O) groups excluding carboxylic acids is 2. The molecule has 0 spiro atoms. The number of hydrogen-bond donors (Lipinski definition) is 2. The van der Waals surface area contributed by atoms with Crippen LogP contribution in [0, 0.1) is 6.92 Å². The third-order valence-electron chi connectivity index (χ3n) is 4.32. The summed E-state index contributed by atoms with van der Waals surface area (Å²) in [6.45, 7) is 3.50. The van der Waals surface area contributed by atoms with E-state index < -0.39 is 16.8 Å². The molecule has 0 aliphatic carbocycles. The number of aryl methyl sites for hydroxylation is 1. The van der Waals surface area contributed by atoms with Crippen LogP contribution in [0.25, 0.3) is 11.0 Å². The fraction of sp³-hybridized carbons (Fsp3) is 0.227. The van der Waals surface area contributed by atoms with Crippen LogP contribution in [0.3, 0.4) is 0 Å². The number of carbonyl (C=O) groups is 2. The van der Waals surface area contributed by atoms with Crippen LogP contribution in [0.15, 0.2) is 57.7 Å². The van der Waals surface area contributed by atoms with Crippen LogP contribution < -0.4 is 10.9 Å². The molecule has 8 heteroatoms. The van der Waals surface area contributed by atoms with Crippen molar-refractivity contribution < 1.29 is 23.8 Å². The second kappa shape index (κ2) is 9.49. The maximum Gasteiger partial charge on any atom is 0.336 e. The van der Waals surface area contributed by atoms with Gasteiger partial charge in [0, 0.05) is 28.8 Å². The van der Waals surface area contributed by atoms with E-state index in [2.05, 4.69) is 5.32 Å². The summed E-state index contributed by atoms with van der Waals surface area (Å²) in [5.41, 5.74) is 1.88. The first-order valence-corrected chi connectivity index (χ1v) is 10.3. The molecular formula is C22H21NO6S. The van der Waals surface area contributed by atoms with Crippen molar-refractivity contribution in [1.82, 2.24) is 0 Å². The first-order valence-electron chi connectivity index (χ1n) is 9.22. The number of fused-ring (bicyclic) bond motifs is 1. The average molecular weight is 427 g/mol. The highest BCUT2D eigenvalue weighted by atomic mass is 32.2. The predicted molar refractivity (Wildman–Crippen MR) is 116 cm³/mol. The standard InChI is InChI=1S/C22H21NO6S/c1-13-3-5-16(6-4-13)23-20(25)12-30-14(2)22(27)28-11-15-9-21(26)29-19-10-17(24)7-8-18(15)19/h3-10,14,24H,11-12H2,1-2H3,(H,23,25)/t14-/m0/s1. The number of phenolic OH excluding ortho intramolecular Hbond substituents is 1. The Morgan fingerprint density at radius 2 is 1.90 bits per heavy atom. The van der Waals surface area contributed by atoms with Crippen LogP contribution in [0.4, 0.5) is 5.69 Å². The van der Waals surface area contributed by atoms with Gasteiger partial charge < -0.3 is 19.6 Å². The van der Waals surface area contributed by atoms with Gasteiger partial charge in [0.2, 0.25) is 5.91 Å². The SMILES string of the molecule is Cc1ccc(NC(=O)CS[C@@H](C)C(=O)OCc2cc(=O)oc3cc(O)ccc23)cc1. The molecule has 2 aromatic carbocycles. The van der Waals surface area contributed by atoms with Crippen LogP contribution in [0.2, 0.25) is 0 Å². The third-order valence-corrected chi connectivity index (χ3v) is 5.44. The summed E-state index contributed by atoms with van der Waals surface area (Å²) in [6.07, 6.45) is 0. The number of thioether (sulfide) groups is 1. The Morgan fingerprint density at radius 1 is 1.17 bits per heavy atom. The first kappa shape index (κ1) is 21.4. The average Bonchev–Trinajstić information content (AvgIpc) is 2.71. The minimum Gasteiger partial charge on any atom is -0.508 e. The summed E-state index contributed by atoms with van der Waals surface area (Å²) >= 11 is 1.16. The number of rotatable bonds is 7. The lowest BCUT2D eigenvalue weighted by molar-refractivity contribution is -0.143. The summed E-state index contributed by atoms with van der Waals surface area (Å²) in [7, 11) is 0. The Morgan fingerprint density at radius 3 is 2.63 bits per heavy atom. The maximum absolute atomic E-state index is 12.3. The van der Waals surface area contributed by atoms with Crippen molar-refractivity contribution in [2.24, 2.45) is 0 Å². The number of ether oxygens (including phenoxy) is 1. The van der Waals surface area contributed by atoms with Gasteiger partial charge >= 0.3 is 11.6 Å². The zero-order valence-corrected chi connectivity index (χ0v) is 17.3. The highest BCUT2D eigenvalue weighted by Gasteiger charge is 2.18. The quantitative estimate of drug-likeness (QED) is 0.438. The van der Waals surface area contributed by atoms with Gasteiger partial charge in [-0.15, -0.1) is 11.8 Å². The fourth-order valence-corrected chi connectivity index (χ4v) is 3.38. The molecule has 1 aromatic heterocycles. The van der Waals surface area contributed by atoms with Crippen LogP contribution in [-0.4, -0.2) is 28.0 Å². The van der Waals surface area contributed by atoms with E-state index in [0.29, 0.717) is 16.6 Å². The van der Waals surface area contributed by atoms with Crippen molar-refractivity contribution in [2.75, 3.05) is 11.1 Å². The van der Waals surface area contributed by atoms with E-state index in [0.717, 1.165) is 17.3 Å². The van der Waals surface area contributed by atoms with Gasteiger partial charge in [0.1, 0.15) is 23.2 Å². The normalized spacial score (nSPS) is 11.8. The van der Waals surface area contributed by atoms with Gasteiger partial charge in [-0.25, -0.2) is 4.79 Å². The van der Waals surface area contributed by atoms with Crippen molar-refractivity contribution in [3.8, 4) is 5.75 Å². The first-order chi connectivity index (χ1) is 14.3. The minimum atomic E-state index is -0.602. The second-order valence-corrected chi connectivity index (χ2v) is 8.08. The molecule has 3 rings (SSSR count). The molecule has 30 heavy (non-hydrogen) atoms. The predicted octanol–water partition coefficient (Wildman–Crippen LogP) is 3.61. The number of amides is 1. The lowest BCUT2D eigenvalue weighted by Gasteiger charge is -2.12. The van der Waals surface area contributed by atoms with E-state index in [-0.39, 0.29) is 29.6 Å². The molecule has 0 fully saturated rings. The minimum absolute atomic E-state index is 0.0336. The lowest BCUT2D eigenvalue weighted by Crippen LogP contribution is -2.21. The monoisotopic (exact) mass is 427 g/mol. The summed E-state index contributed by atoms with van der Waals surface area (Å²) in [5.74, 6) is -0.645. The molecule has 3 aromatic rings. The molecule has 0 unspecified atom stereocenters. The van der Waals surface area contributed by atoms with Gasteiger partial charge in [-0.2, -0.15) is 0 Å². The van der Waals surface area contributed by atoms with Crippen LogP contribution in [0.5, 0.6) is 5.75 Å². The smallest absolute Gasteiger partial charge is 0.336 e. The Labute approximate surface area is 177 Å². The molecule has 2 N–H and O–H groups in total. The number of hydrogen-bond acceptors (Lipinski definition) is 7. The van der Waals surface area contributed by atoms with Gasteiger partial charge in [-0.3, -0.25) is 9.59 Å². The number of phenols is 1. The van der Waals surface area contributed by atoms with Crippen molar-refractivity contribution in [1.29, 1.82) is 0 Å². The summed E-state index contributed by atoms with van der Waals surface area (Å²) in [5, 5.41) is 12.3. The molecule has 0 bridgehead atoms.